The van der Waals surface area contributed by atoms with Crippen LogP contribution in [0.2, 0.25) is 0 Å². The molecule has 0 aliphatic rings. The zero-order valence-corrected chi connectivity index (χ0v) is 19.0. The van der Waals surface area contributed by atoms with Gasteiger partial charge in [-0.25, -0.2) is 0 Å². The molecule has 10 nitrogen and oxygen atoms in total. The fourth-order valence-electron chi connectivity index (χ4n) is 2.66. The van der Waals surface area contributed by atoms with Crippen LogP contribution in [-0.2, 0) is 11.3 Å². The summed E-state index contributed by atoms with van der Waals surface area (Å²) in [5, 5.41) is 13.5. The Kier molecular flexibility index (Phi) is 7.40. The SMILES string of the molecule is Cc1ccc(OCC(=O)NCCNC(=O)c2nc(Cn3nc(C)c(Br)c3C)no2)cc1. The number of rotatable bonds is 9. The second-order valence-corrected chi connectivity index (χ2v) is 7.66. The minimum absolute atomic E-state index is 0.105. The van der Waals surface area contributed by atoms with Crippen molar-refractivity contribution in [2.45, 2.75) is 27.3 Å². The molecule has 0 radical (unpaired) electrons. The van der Waals surface area contributed by atoms with Crippen LogP contribution in [0.4, 0.5) is 0 Å². The van der Waals surface area contributed by atoms with Crippen molar-refractivity contribution >= 4 is 27.7 Å². The average molecular weight is 491 g/mol. The predicted molar refractivity (Wildman–Crippen MR) is 115 cm³/mol. The molecule has 11 heteroatoms. The minimum Gasteiger partial charge on any atom is -0.484 e. The fraction of sp³-hybridized carbons (Fsp3) is 0.350. The van der Waals surface area contributed by atoms with E-state index in [1.165, 1.54) is 0 Å². The maximum atomic E-state index is 12.1. The number of hydrogen-bond acceptors (Lipinski definition) is 7. The summed E-state index contributed by atoms with van der Waals surface area (Å²) in [6, 6.07) is 7.41. The van der Waals surface area contributed by atoms with Gasteiger partial charge in [0, 0.05) is 13.1 Å². The second kappa shape index (κ2) is 10.2. The molecule has 164 valence electrons. The Morgan fingerprint density at radius 2 is 1.84 bits per heavy atom. The molecule has 2 aromatic heterocycles. The van der Waals surface area contributed by atoms with E-state index in [2.05, 4.69) is 41.8 Å². The van der Waals surface area contributed by atoms with Gasteiger partial charge < -0.3 is 19.9 Å². The Balaban J connectivity index is 1.38. The number of nitrogens with zero attached hydrogens (tertiary/aromatic N) is 4. The highest BCUT2D eigenvalue weighted by Crippen LogP contribution is 2.20. The normalized spacial score (nSPS) is 10.7. The molecule has 0 bridgehead atoms. The van der Waals surface area contributed by atoms with Gasteiger partial charge in [0.25, 0.3) is 5.91 Å². The van der Waals surface area contributed by atoms with Gasteiger partial charge in [-0.1, -0.05) is 22.9 Å². The Bertz CT molecular complexity index is 1060. The largest absolute Gasteiger partial charge is 0.484 e. The topological polar surface area (TPSA) is 124 Å². The van der Waals surface area contributed by atoms with E-state index >= 15 is 0 Å². The number of halogens is 1. The molecular formula is C20H23BrN6O4. The van der Waals surface area contributed by atoms with Gasteiger partial charge in [0.15, 0.2) is 12.4 Å². The molecule has 2 heterocycles. The summed E-state index contributed by atoms with van der Waals surface area (Å²) in [5.41, 5.74) is 2.89. The van der Waals surface area contributed by atoms with Crippen molar-refractivity contribution in [1.82, 2.24) is 30.6 Å². The summed E-state index contributed by atoms with van der Waals surface area (Å²) in [4.78, 5) is 28.1. The molecule has 0 saturated heterocycles. The highest BCUT2D eigenvalue weighted by atomic mass is 79.9. The molecule has 0 unspecified atom stereocenters. The Labute approximate surface area is 187 Å². The number of aryl methyl sites for hydroxylation is 2. The molecule has 0 aliphatic heterocycles. The van der Waals surface area contributed by atoms with E-state index in [9.17, 15) is 9.59 Å². The fourth-order valence-corrected chi connectivity index (χ4v) is 2.95. The Morgan fingerprint density at radius 1 is 1.13 bits per heavy atom. The van der Waals surface area contributed by atoms with E-state index < -0.39 is 5.91 Å². The smallest absolute Gasteiger partial charge is 0.316 e. The molecule has 3 rings (SSSR count). The number of nitrogens with one attached hydrogen (secondary N) is 2. The van der Waals surface area contributed by atoms with Crippen molar-refractivity contribution in [2.24, 2.45) is 0 Å². The van der Waals surface area contributed by atoms with Gasteiger partial charge >= 0.3 is 11.8 Å². The van der Waals surface area contributed by atoms with E-state index in [1.54, 1.807) is 16.8 Å². The van der Waals surface area contributed by atoms with E-state index in [1.807, 2.05) is 32.9 Å². The number of carbonyl (C=O) groups is 2. The first kappa shape index (κ1) is 22.5. The number of benzene rings is 1. The summed E-state index contributed by atoms with van der Waals surface area (Å²) in [6.45, 7) is 6.40. The first-order valence-corrected chi connectivity index (χ1v) is 10.4. The van der Waals surface area contributed by atoms with Crippen molar-refractivity contribution in [3.8, 4) is 5.75 Å². The van der Waals surface area contributed by atoms with Crippen LogP contribution in [0.1, 0.15) is 33.5 Å². The van der Waals surface area contributed by atoms with Gasteiger partial charge in [-0.15, -0.1) is 0 Å². The van der Waals surface area contributed by atoms with Crippen LogP contribution in [-0.4, -0.2) is 51.4 Å². The molecule has 3 aromatic rings. The zero-order chi connectivity index (χ0) is 22.4. The van der Waals surface area contributed by atoms with Gasteiger partial charge in [0.2, 0.25) is 0 Å². The lowest BCUT2D eigenvalue weighted by Crippen LogP contribution is -2.36. The Hall–Kier alpha value is -3.21. The zero-order valence-electron chi connectivity index (χ0n) is 17.4. The number of hydrogen-bond donors (Lipinski definition) is 2. The lowest BCUT2D eigenvalue weighted by atomic mass is 10.2. The number of carbonyl (C=O) groups excluding carboxylic acids is 2. The third kappa shape index (κ3) is 6.14. The molecule has 31 heavy (non-hydrogen) atoms. The number of amides is 2. The molecular weight excluding hydrogens is 468 g/mol. The van der Waals surface area contributed by atoms with Gasteiger partial charge in [-0.3, -0.25) is 14.3 Å². The molecule has 0 atom stereocenters. The summed E-state index contributed by atoms with van der Waals surface area (Å²) in [6.07, 6.45) is 0. The maximum absolute atomic E-state index is 12.1. The summed E-state index contributed by atoms with van der Waals surface area (Å²) < 4.78 is 13.1. The van der Waals surface area contributed by atoms with Gasteiger partial charge in [-0.05, 0) is 48.8 Å². The van der Waals surface area contributed by atoms with Crippen LogP contribution in [0.25, 0.3) is 0 Å². The molecule has 0 fully saturated rings. The van der Waals surface area contributed by atoms with Crippen molar-refractivity contribution < 1.29 is 18.8 Å². The molecule has 0 saturated carbocycles. The maximum Gasteiger partial charge on any atom is 0.316 e. The van der Waals surface area contributed by atoms with Crippen LogP contribution in [0.3, 0.4) is 0 Å². The summed E-state index contributed by atoms with van der Waals surface area (Å²) in [7, 11) is 0. The van der Waals surface area contributed by atoms with Gasteiger partial charge in [0.1, 0.15) is 12.3 Å². The van der Waals surface area contributed by atoms with Crippen LogP contribution in [0.5, 0.6) is 5.75 Å². The monoisotopic (exact) mass is 490 g/mol. The van der Waals surface area contributed by atoms with E-state index in [0.717, 1.165) is 21.4 Å². The molecule has 2 N–H and O–H groups in total. The quantitative estimate of drug-likeness (QED) is 0.439. The summed E-state index contributed by atoms with van der Waals surface area (Å²) in [5.74, 6) is 0.00732. The first-order valence-electron chi connectivity index (χ1n) is 9.60. The number of ether oxygens (including phenoxy) is 1. The van der Waals surface area contributed by atoms with Crippen LogP contribution in [0.15, 0.2) is 33.3 Å². The van der Waals surface area contributed by atoms with Crippen LogP contribution in [0, 0.1) is 20.8 Å². The van der Waals surface area contributed by atoms with Crippen molar-refractivity contribution in [1.29, 1.82) is 0 Å². The van der Waals surface area contributed by atoms with Gasteiger partial charge in [0.05, 0.1) is 15.9 Å². The third-order valence-corrected chi connectivity index (χ3v) is 5.52. The number of aromatic nitrogens is 4. The van der Waals surface area contributed by atoms with Crippen LogP contribution < -0.4 is 15.4 Å². The molecule has 0 spiro atoms. The predicted octanol–water partition coefficient (Wildman–Crippen LogP) is 1.93. The highest BCUT2D eigenvalue weighted by Gasteiger charge is 2.17. The lowest BCUT2D eigenvalue weighted by molar-refractivity contribution is -0.123. The van der Waals surface area contributed by atoms with Crippen molar-refractivity contribution in [3.63, 3.8) is 0 Å². The van der Waals surface area contributed by atoms with Crippen molar-refractivity contribution in [2.75, 3.05) is 19.7 Å². The molecule has 2 amide bonds. The first-order chi connectivity index (χ1) is 14.8. The standard InChI is InChI=1S/C20H23BrN6O4/c1-12-4-6-15(7-5-12)30-11-17(28)22-8-9-23-19(29)20-24-16(26-31-20)10-27-14(3)18(21)13(2)25-27/h4-7H,8-11H2,1-3H3,(H,22,28)(H,23,29). The van der Waals surface area contributed by atoms with E-state index in [-0.39, 0.29) is 38.0 Å². The lowest BCUT2D eigenvalue weighted by Gasteiger charge is -2.08. The Morgan fingerprint density at radius 3 is 2.52 bits per heavy atom. The van der Waals surface area contributed by atoms with Gasteiger partial charge in [-0.2, -0.15) is 10.1 Å². The van der Waals surface area contributed by atoms with E-state index in [0.29, 0.717) is 11.6 Å². The minimum atomic E-state index is -0.515. The summed E-state index contributed by atoms with van der Waals surface area (Å²) >= 11 is 3.46. The van der Waals surface area contributed by atoms with Crippen molar-refractivity contribution in [3.05, 3.63) is 57.4 Å². The second-order valence-electron chi connectivity index (χ2n) is 6.87. The highest BCUT2D eigenvalue weighted by molar-refractivity contribution is 9.10. The molecule has 0 aliphatic carbocycles. The van der Waals surface area contributed by atoms with E-state index in [4.69, 9.17) is 9.26 Å². The average Bonchev–Trinajstić information content (AvgIpc) is 3.31. The van der Waals surface area contributed by atoms with Crippen LogP contribution >= 0.6 is 15.9 Å². The molecule has 1 aromatic carbocycles. The third-order valence-electron chi connectivity index (χ3n) is 4.37.